The van der Waals surface area contributed by atoms with Crippen molar-refractivity contribution in [2.45, 2.75) is 39.2 Å². The molecule has 0 spiro atoms. The van der Waals surface area contributed by atoms with Crippen LogP contribution in [0.15, 0.2) is 24.4 Å². The summed E-state index contributed by atoms with van der Waals surface area (Å²) in [5.41, 5.74) is 0.737. The predicted molar refractivity (Wildman–Crippen MR) is 82.0 cm³/mol. The zero-order valence-corrected chi connectivity index (χ0v) is 13.1. The SMILES string of the molecule is CCCNCCCCS(=O)(=O)NC(C)c1ccccn1. The Hall–Kier alpha value is -0.980. The van der Waals surface area contributed by atoms with E-state index in [0.29, 0.717) is 6.42 Å². The van der Waals surface area contributed by atoms with Gasteiger partial charge in [-0.2, -0.15) is 0 Å². The Labute approximate surface area is 122 Å². The van der Waals surface area contributed by atoms with Crippen LogP contribution >= 0.6 is 0 Å². The van der Waals surface area contributed by atoms with E-state index in [4.69, 9.17) is 0 Å². The van der Waals surface area contributed by atoms with Crippen molar-refractivity contribution in [1.82, 2.24) is 15.0 Å². The molecule has 0 radical (unpaired) electrons. The van der Waals surface area contributed by atoms with E-state index in [0.717, 1.165) is 31.6 Å². The normalized spacial score (nSPS) is 13.3. The standard InChI is InChI=1S/C14H25N3O2S/c1-3-9-15-10-6-7-12-20(18,19)17-13(2)14-8-4-5-11-16-14/h4-5,8,11,13,15,17H,3,6-7,9-10,12H2,1-2H3. The second-order valence-corrected chi connectivity index (χ2v) is 6.74. The molecule has 0 aromatic carbocycles. The zero-order chi connectivity index (χ0) is 14.8. The molecule has 0 saturated heterocycles. The number of pyridine rings is 1. The maximum atomic E-state index is 11.9. The summed E-state index contributed by atoms with van der Waals surface area (Å²) < 4.78 is 26.6. The maximum Gasteiger partial charge on any atom is 0.212 e. The van der Waals surface area contributed by atoms with Crippen molar-refractivity contribution in [3.05, 3.63) is 30.1 Å². The first-order valence-electron chi connectivity index (χ1n) is 7.17. The van der Waals surface area contributed by atoms with Crippen LogP contribution in [0.1, 0.15) is 44.8 Å². The summed E-state index contributed by atoms with van der Waals surface area (Å²) >= 11 is 0. The fourth-order valence-electron chi connectivity index (χ4n) is 1.86. The number of nitrogens with one attached hydrogen (secondary N) is 2. The molecule has 1 aromatic heterocycles. The lowest BCUT2D eigenvalue weighted by atomic mass is 10.2. The number of nitrogens with zero attached hydrogens (tertiary/aromatic N) is 1. The van der Waals surface area contributed by atoms with E-state index in [2.05, 4.69) is 21.9 Å². The fourth-order valence-corrected chi connectivity index (χ4v) is 3.23. The molecule has 1 atom stereocenters. The van der Waals surface area contributed by atoms with Crippen LogP contribution in [0.2, 0.25) is 0 Å². The molecule has 5 nitrogen and oxygen atoms in total. The molecular weight excluding hydrogens is 274 g/mol. The van der Waals surface area contributed by atoms with Crippen LogP contribution in [0.4, 0.5) is 0 Å². The van der Waals surface area contributed by atoms with Crippen molar-refractivity contribution < 1.29 is 8.42 Å². The third kappa shape index (κ3) is 6.98. The molecule has 0 bridgehead atoms. The molecule has 0 aliphatic heterocycles. The number of rotatable bonds is 10. The number of sulfonamides is 1. The van der Waals surface area contributed by atoms with E-state index < -0.39 is 10.0 Å². The van der Waals surface area contributed by atoms with Crippen molar-refractivity contribution in [1.29, 1.82) is 0 Å². The quantitative estimate of drug-likeness (QED) is 0.647. The molecule has 1 rings (SSSR count). The summed E-state index contributed by atoms with van der Waals surface area (Å²) in [5, 5.41) is 3.26. The minimum Gasteiger partial charge on any atom is -0.317 e. The monoisotopic (exact) mass is 299 g/mol. The van der Waals surface area contributed by atoms with Crippen LogP contribution in [-0.4, -0.2) is 32.2 Å². The molecule has 0 aliphatic rings. The summed E-state index contributed by atoms with van der Waals surface area (Å²) in [4.78, 5) is 4.16. The smallest absolute Gasteiger partial charge is 0.212 e. The highest BCUT2D eigenvalue weighted by atomic mass is 32.2. The third-order valence-electron chi connectivity index (χ3n) is 2.93. The predicted octanol–water partition coefficient (Wildman–Crippen LogP) is 1.84. The lowest BCUT2D eigenvalue weighted by molar-refractivity contribution is 0.557. The summed E-state index contributed by atoms with van der Waals surface area (Å²) in [6.07, 6.45) is 4.31. The van der Waals surface area contributed by atoms with Gasteiger partial charge in [0.15, 0.2) is 0 Å². The molecule has 1 heterocycles. The fraction of sp³-hybridized carbons (Fsp3) is 0.643. The van der Waals surface area contributed by atoms with Gasteiger partial charge in [0.05, 0.1) is 17.5 Å². The van der Waals surface area contributed by atoms with Gasteiger partial charge >= 0.3 is 0 Å². The van der Waals surface area contributed by atoms with E-state index in [1.54, 1.807) is 6.20 Å². The van der Waals surface area contributed by atoms with Gasteiger partial charge in [-0.05, 0) is 51.4 Å². The lowest BCUT2D eigenvalue weighted by Gasteiger charge is -2.13. The third-order valence-corrected chi connectivity index (χ3v) is 4.47. The van der Waals surface area contributed by atoms with Gasteiger partial charge in [-0.3, -0.25) is 4.98 Å². The van der Waals surface area contributed by atoms with E-state index in [1.165, 1.54) is 0 Å². The molecular formula is C14H25N3O2S. The highest BCUT2D eigenvalue weighted by molar-refractivity contribution is 7.89. The Morgan fingerprint density at radius 3 is 2.70 bits per heavy atom. The first kappa shape index (κ1) is 17.1. The second-order valence-electron chi connectivity index (χ2n) is 4.87. The highest BCUT2D eigenvalue weighted by Crippen LogP contribution is 2.10. The van der Waals surface area contributed by atoms with Crippen LogP contribution in [0, 0.1) is 0 Å². The summed E-state index contributed by atoms with van der Waals surface area (Å²) in [6, 6.07) is 5.20. The summed E-state index contributed by atoms with van der Waals surface area (Å²) in [6.45, 7) is 5.78. The van der Waals surface area contributed by atoms with Gasteiger partial charge in [0.25, 0.3) is 0 Å². The maximum absolute atomic E-state index is 11.9. The topological polar surface area (TPSA) is 71.1 Å². The Balaban J connectivity index is 2.31. The largest absolute Gasteiger partial charge is 0.317 e. The average molecular weight is 299 g/mol. The summed E-state index contributed by atoms with van der Waals surface area (Å²) in [5.74, 6) is 0.165. The van der Waals surface area contributed by atoms with Gasteiger partial charge in [-0.25, -0.2) is 13.1 Å². The van der Waals surface area contributed by atoms with Crippen molar-refractivity contribution in [2.75, 3.05) is 18.8 Å². The van der Waals surface area contributed by atoms with Crippen LogP contribution in [0.5, 0.6) is 0 Å². The van der Waals surface area contributed by atoms with E-state index in [-0.39, 0.29) is 11.8 Å². The van der Waals surface area contributed by atoms with Crippen LogP contribution in [-0.2, 0) is 10.0 Å². The van der Waals surface area contributed by atoms with Crippen LogP contribution < -0.4 is 10.0 Å². The number of hydrogen-bond donors (Lipinski definition) is 2. The summed E-state index contributed by atoms with van der Waals surface area (Å²) in [7, 11) is -3.24. The molecule has 0 amide bonds. The molecule has 0 saturated carbocycles. The Bertz CT molecular complexity index is 463. The molecule has 114 valence electrons. The average Bonchev–Trinajstić information content (AvgIpc) is 2.43. The molecule has 1 aromatic rings. The Kier molecular flexibility index (Phi) is 7.72. The Morgan fingerprint density at radius 1 is 1.25 bits per heavy atom. The van der Waals surface area contributed by atoms with E-state index >= 15 is 0 Å². The van der Waals surface area contributed by atoms with Crippen molar-refractivity contribution in [3.63, 3.8) is 0 Å². The van der Waals surface area contributed by atoms with E-state index in [9.17, 15) is 8.42 Å². The first-order chi connectivity index (χ1) is 9.55. The van der Waals surface area contributed by atoms with Crippen molar-refractivity contribution in [2.24, 2.45) is 0 Å². The van der Waals surface area contributed by atoms with Crippen LogP contribution in [0.25, 0.3) is 0 Å². The van der Waals surface area contributed by atoms with Crippen molar-refractivity contribution >= 4 is 10.0 Å². The van der Waals surface area contributed by atoms with Gasteiger partial charge < -0.3 is 5.32 Å². The highest BCUT2D eigenvalue weighted by Gasteiger charge is 2.15. The number of aromatic nitrogens is 1. The molecule has 2 N–H and O–H groups in total. The minimum atomic E-state index is -3.24. The number of unbranched alkanes of at least 4 members (excludes halogenated alkanes) is 1. The Morgan fingerprint density at radius 2 is 2.05 bits per heavy atom. The second kappa shape index (κ2) is 9.05. The number of hydrogen-bond acceptors (Lipinski definition) is 4. The van der Waals surface area contributed by atoms with Crippen LogP contribution in [0.3, 0.4) is 0 Å². The molecule has 1 unspecified atom stereocenters. The first-order valence-corrected chi connectivity index (χ1v) is 8.82. The molecule has 20 heavy (non-hydrogen) atoms. The van der Waals surface area contributed by atoms with Gasteiger partial charge in [0.1, 0.15) is 0 Å². The van der Waals surface area contributed by atoms with Crippen molar-refractivity contribution in [3.8, 4) is 0 Å². The van der Waals surface area contributed by atoms with Gasteiger partial charge in [0, 0.05) is 6.20 Å². The molecule has 0 aliphatic carbocycles. The van der Waals surface area contributed by atoms with Gasteiger partial charge in [-0.15, -0.1) is 0 Å². The lowest BCUT2D eigenvalue weighted by Crippen LogP contribution is -2.30. The molecule has 0 fully saturated rings. The minimum absolute atomic E-state index is 0.165. The van der Waals surface area contributed by atoms with Gasteiger partial charge in [-0.1, -0.05) is 13.0 Å². The zero-order valence-electron chi connectivity index (χ0n) is 12.3. The van der Waals surface area contributed by atoms with E-state index in [1.807, 2.05) is 25.1 Å². The van der Waals surface area contributed by atoms with Gasteiger partial charge in [0.2, 0.25) is 10.0 Å². The molecule has 6 heteroatoms.